The van der Waals surface area contributed by atoms with Crippen molar-refractivity contribution in [3.05, 3.63) is 68.2 Å². The van der Waals surface area contributed by atoms with Crippen LogP contribution in [-0.4, -0.2) is 22.8 Å². The lowest BCUT2D eigenvalue weighted by Gasteiger charge is -2.32. The lowest BCUT2D eigenvalue weighted by molar-refractivity contribution is 0.181. The van der Waals surface area contributed by atoms with E-state index in [1.165, 1.54) is 35.2 Å². The van der Waals surface area contributed by atoms with E-state index in [1.807, 2.05) is 13.8 Å². The Kier molecular flexibility index (Phi) is 5.46. The van der Waals surface area contributed by atoms with Crippen molar-refractivity contribution in [3.8, 4) is 0 Å². The smallest absolute Gasteiger partial charge is 0.261 e. The highest BCUT2D eigenvalue weighted by Crippen LogP contribution is 2.42. The van der Waals surface area contributed by atoms with Crippen LogP contribution in [0.1, 0.15) is 31.9 Å². The van der Waals surface area contributed by atoms with Gasteiger partial charge in [0.2, 0.25) is 0 Å². The van der Waals surface area contributed by atoms with Crippen LogP contribution in [-0.2, 0) is 10.3 Å². The summed E-state index contributed by atoms with van der Waals surface area (Å²) in [5.74, 6) is -1.21. The molecule has 3 aromatic rings. The third-order valence-corrected chi connectivity index (χ3v) is 6.13. The van der Waals surface area contributed by atoms with Gasteiger partial charge in [0.05, 0.1) is 33.9 Å². The molecule has 9 heteroatoms. The van der Waals surface area contributed by atoms with Crippen molar-refractivity contribution in [2.75, 3.05) is 18.5 Å². The summed E-state index contributed by atoms with van der Waals surface area (Å²) in [6.45, 7) is 4.13. The molecule has 0 saturated carbocycles. The molecular weight excluding hydrogens is 435 g/mol. The fourth-order valence-electron chi connectivity index (χ4n) is 3.81. The van der Waals surface area contributed by atoms with Crippen LogP contribution >= 0.6 is 23.2 Å². The Morgan fingerprint density at radius 1 is 1.23 bits per heavy atom. The molecule has 30 heavy (non-hydrogen) atoms. The first-order chi connectivity index (χ1) is 14.2. The predicted molar refractivity (Wildman–Crippen MR) is 114 cm³/mol. The summed E-state index contributed by atoms with van der Waals surface area (Å²) < 4.78 is 36.5. The molecule has 4 rings (SSSR count). The number of benzene rings is 2. The summed E-state index contributed by atoms with van der Waals surface area (Å²) in [7, 11) is 0. The van der Waals surface area contributed by atoms with E-state index in [0.29, 0.717) is 18.7 Å². The summed E-state index contributed by atoms with van der Waals surface area (Å²) in [5.41, 5.74) is -1.000. The zero-order valence-electron chi connectivity index (χ0n) is 16.3. The number of aromatic nitrogens is 2. The van der Waals surface area contributed by atoms with E-state index in [9.17, 15) is 13.6 Å². The molecule has 1 fully saturated rings. The van der Waals surface area contributed by atoms with E-state index in [2.05, 4.69) is 10.3 Å². The molecule has 0 aliphatic carbocycles. The predicted octanol–water partition coefficient (Wildman–Crippen LogP) is 5.29. The van der Waals surface area contributed by atoms with Crippen molar-refractivity contribution < 1.29 is 13.5 Å². The van der Waals surface area contributed by atoms with Crippen molar-refractivity contribution in [1.29, 1.82) is 0 Å². The van der Waals surface area contributed by atoms with Gasteiger partial charge >= 0.3 is 0 Å². The second-order valence-corrected chi connectivity index (χ2v) is 8.42. The number of anilines is 1. The van der Waals surface area contributed by atoms with Gasteiger partial charge in [-0.25, -0.2) is 13.8 Å². The zero-order chi connectivity index (χ0) is 21.6. The number of fused-ring (bicyclic) bond motifs is 1. The van der Waals surface area contributed by atoms with Crippen LogP contribution in [0.15, 0.2) is 35.4 Å². The number of nitrogens with one attached hydrogen (secondary N) is 1. The molecule has 2 aromatic carbocycles. The third kappa shape index (κ3) is 3.45. The molecule has 0 radical (unpaired) electrons. The van der Waals surface area contributed by atoms with E-state index in [4.69, 9.17) is 27.9 Å². The number of halogens is 4. The Bertz CT molecular complexity index is 1190. The molecule has 0 bridgehead atoms. The Balaban J connectivity index is 1.87. The minimum atomic E-state index is -1.06. The Morgan fingerprint density at radius 3 is 2.67 bits per heavy atom. The first-order valence-electron chi connectivity index (χ1n) is 9.44. The first-order valence-corrected chi connectivity index (χ1v) is 10.2. The van der Waals surface area contributed by atoms with Crippen molar-refractivity contribution in [2.24, 2.45) is 0 Å². The SMILES string of the molecule is CC(C)n1cnc2c(F)cc(N[C@]3(c4c(F)ccc(Cl)c4Cl)CCOC3)cc2c1=O. The van der Waals surface area contributed by atoms with Crippen LogP contribution in [0.4, 0.5) is 14.5 Å². The average molecular weight is 454 g/mol. The van der Waals surface area contributed by atoms with Crippen molar-refractivity contribution >= 4 is 39.8 Å². The summed E-state index contributed by atoms with van der Waals surface area (Å²) >= 11 is 12.5. The van der Waals surface area contributed by atoms with Crippen molar-refractivity contribution in [1.82, 2.24) is 9.55 Å². The average Bonchev–Trinajstić information content (AvgIpc) is 3.14. The molecule has 158 valence electrons. The molecule has 1 atom stereocenters. The Morgan fingerprint density at radius 2 is 2.00 bits per heavy atom. The Labute approximate surface area is 181 Å². The Hall–Kier alpha value is -2.22. The molecule has 1 aliphatic heterocycles. The monoisotopic (exact) mass is 453 g/mol. The van der Waals surface area contributed by atoms with E-state index >= 15 is 0 Å². The van der Waals surface area contributed by atoms with Gasteiger partial charge in [0.15, 0.2) is 5.82 Å². The van der Waals surface area contributed by atoms with Gasteiger partial charge in [0.1, 0.15) is 11.3 Å². The van der Waals surface area contributed by atoms with E-state index in [1.54, 1.807) is 0 Å². The topological polar surface area (TPSA) is 56.1 Å². The minimum absolute atomic E-state index is 0.0221. The molecule has 0 unspecified atom stereocenters. The molecule has 2 heterocycles. The van der Waals surface area contributed by atoms with Gasteiger partial charge in [0, 0.05) is 30.3 Å². The normalized spacial score (nSPS) is 19.0. The highest BCUT2D eigenvalue weighted by atomic mass is 35.5. The van der Waals surface area contributed by atoms with Gasteiger partial charge in [-0.05, 0) is 38.1 Å². The van der Waals surface area contributed by atoms with Crippen LogP contribution in [0.3, 0.4) is 0 Å². The second kappa shape index (κ2) is 7.80. The molecule has 1 saturated heterocycles. The summed E-state index contributed by atoms with van der Waals surface area (Å²) in [6, 6.07) is 5.22. The summed E-state index contributed by atoms with van der Waals surface area (Å²) in [5, 5.41) is 3.56. The van der Waals surface area contributed by atoms with Gasteiger partial charge in [-0.3, -0.25) is 9.36 Å². The van der Waals surface area contributed by atoms with Crippen molar-refractivity contribution in [3.63, 3.8) is 0 Å². The van der Waals surface area contributed by atoms with Crippen molar-refractivity contribution in [2.45, 2.75) is 31.8 Å². The number of nitrogens with zero attached hydrogens (tertiary/aromatic N) is 2. The maximum Gasteiger partial charge on any atom is 0.261 e. The minimum Gasteiger partial charge on any atom is -0.379 e. The maximum atomic E-state index is 14.8. The largest absolute Gasteiger partial charge is 0.379 e. The quantitative estimate of drug-likeness (QED) is 0.545. The molecule has 0 amide bonds. The summed E-state index contributed by atoms with van der Waals surface area (Å²) in [4.78, 5) is 16.9. The summed E-state index contributed by atoms with van der Waals surface area (Å²) in [6.07, 6.45) is 1.71. The molecule has 5 nitrogen and oxygen atoms in total. The third-order valence-electron chi connectivity index (χ3n) is 5.32. The first kappa shape index (κ1) is 21.0. The van der Waals surface area contributed by atoms with Gasteiger partial charge in [0.25, 0.3) is 5.56 Å². The van der Waals surface area contributed by atoms with E-state index in [0.717, 1.165) is 0 Å². The van der Waals surface area contributed by atoms with Crippen LogP contribution in [0.25, 0.3) is 10.9 Å². The number of rotatable bonds is 4. The van der Waals surface area contributed by atoms with Gasteiger partial charge in [-0.1, -0.05) is 23.2 Å². The lowest BCUT2D eigenvalue weighted by atomic mass is 9.88. The maximum absolute atomic E-state index is 14.8. The van der Waals surface area contributed by atoms with E-state index in [-0.39, 0.29) is 44.7 Å². The van der Waals surface area contributed by atoms with Gasteiger partial charge < -0.3 is 10.1 Å². The van der Waals surface area contributed by atoms with Crippen LogP contribution < -0.4 is 10.9 Å². The van der Waals surface area contributed by atoms with Crippen LogP contribution in [0.2, 0.25) is 10.0 Å². The standard InChI is InChI=1S/C21H19Cl2F2N3O2/c1-11(2)28-10-26-19-13(20(28)29)7-12(8-16(19)25)27-21(5-6-30-9-21)17-15(24)4-3-14(22)18(17)23/h3-4,7-8,10-11,27H,5-6,9H2,1-2H3/t21-/m1/s1. The second-order valence-electron chi connectivity index (χ2n) is 7.63. The zero-order valence-corrected chi connectivity index (χ0v) is 17.8. The molecule has 1 aromatic heterocycles. The molecule has 0 spiro atoms. The van der Waals surface area contributed by atoms with E-state index < -0.39 is 17.2 Å². The highest BCUT2D eigenvalue weighted by Gasteiger charge is 2.41. The van der Waals surface area contributed by atoms with Crippen LogP contribution in [0.5, 0.6) is 0 Å². The number of hydrogen-bond donors (Lipinski definition) is 1. The molecule has 1 aliphatic rings. The van der Waals surface area contributed by atoms with Crippen LogP contribution in [0, 0.1) is 11.6 Å². The van der Waals surface area contributed by atoms with Gasteiger partial charge in [-0.15, -0.1) is 0 Å². The fraction of sp³-hybridized carbons (Fsp3) is 0.333. The van der Waals surface area contributed by atoms with Gasteiger partial charge in [-0.2, -0.15) is 0 Å². The molecular formula is C21H19Cl2F2N3O2. The highest BCUT2D eigenvalue weighted by molar-refractivity contribution is 6.42. The number of ether oxygens (including phenoxy) is 1. The molecule has 1 N–H and O–H groups in total. The fourth-order valence-corrected chi connectivity index (χ4v) is 4.30. The lowest BCUT2D eigenvalue weighted by Crippen LogP contribution is -2.37. The number of hydrogen-bond acceptors (Lipinski definition) is 4.